The lowest BCUT2D eigenvalue weighted by Crippen LogP contribution is -2.60. The molecule has 1 aliphatic carbocycles. The van der Waals surface area contributed by atoms with Gasteiger partial charge >= 0.3 is 0 Å². The zero-order valence-corrected chi connectivity index (χ0v) is 15.5. The van der Waals surface area contributed by atoms with Crippen molar-refractivity contribution in [1.82, 2.24) is 0 Å². The molecular formula is C24H20NO3+. The molecule has 2 aliphatic heterocycles. The van der Waals surface area contributed by atoms with Crippen LogP contribution in [0.3, 0.4) is 0 Å². The largest absolute Gasteiger partial charge is 0.491 e. The first-order chi connectivity index (χ1) is 13.8. The molecule has 0 saturated carbocycles. The van der Waals surface area contributed by atoms with Crippen LogP contribution in [-0.4, -0.2) is 7.11 Å². The molecule has 0 saturated heterocycles. The number of fused-ring (bicyclic) bond motifs is 1. The predicted molar refractivity (Wildman–Crippen MR) is 102 cm³/mol. The molecule has 2 atom stereocenters. The van der Waals surface area contributed by atoms with E-state index in [2.05, 4.69) is 59.3 Å². The Morgan fingerprint density at radius 2 is 1.64 bits per heavy atom. The van der Waals surface area contributed by atoms with E-state index in [9.17, 15) is 0 Å². The smallest absolute Gasteiger partial charge is 0.232 e. The number of aromatic nitrogens is 1. The maximum Gasteiger partial charge on any atom is 0.232 e. The second kappa shape index (κ2) is 5.61. The van der Waals surface area contributed by atoms with E-state index in [0.717, 1.165) is 12.2 Å². The maximum absolute atomic E-state index is 5.84. The van der Waals surface area contributed by atoms with Crippen molar-refractivity contribution in [3.05, 3.63) is 108 Å². The van der Waals surface area contributed by atoms with Crippen LogP contribution in [0, 0.1) is 0 Å². The van der Waals surface area contributed by atoms with Gasteiger partial charge in [0.05, 0.1) is 43.5 Å². The molecule has 1 aromatic carbocycles. The highest BCUT2D eigenvalue weighted by Crippen LogP contribution is 2.60. The van der Waals surface area contributed by atoms with E-state index >= 15 is 0 Å². The van der Waals surface area contributed by atoms with Crippen LogP contribution in [0.4, 0.5) is 0 Å². The predicted octanol–water partition coefficient (Wildman–Crippen LogP) is 4.59. The number of benzene rings is 1. The average molecular weight is 370 g/mol. The fourth-order valence-electron chi connectivity index (χ4n) is 5.53. The first-order valence-electron chi connectivity index (χ1n) is 9.57. The Labute approximate surface area is 163 Å². The molecule has 0 amide bonds. The SMILES string of the molecule is COc1ccc[n+]2c1C1c3ccccc3C2CC1(c1ccoc1)c1ccoc1. The first kappa shape index (κ1) is 15.8. The Balaban J connectivity index is 1.74. The lowest BCUT2D eigenvalue weighted by molar-refractivity contribution is -0.732. The summed E-state index contributed by atoms with van der Waals surface area (Å²) < 4.78 is 19.4. The van der Waals surface area contributed by atoms with Crippen molar-refractivity contribution in [2.24, 2.45) is 0 Å². The molecule has 7 rings (SSSR count). The van der Waals surface area contributed by atoms with Crippen LogP contribution in [0.25, 0.3) is 0 Å². The number of rotatable bonds is 3. The number of pyridine rings is 1. The average Bonchev–Trinajstić information content (AvgIpc) is 3.48. The second-order valence-corrected chi connectivity index (χ2v) is 7.65. The van der Waals surface area contributed by atoms with Gasteiger partial charge in [0.2, 0.25) is 5.69 Å². The van der Waals surface area contributed by atoms with Gasteiger partial charge in [0.15, 0.2) is 18.0 Å². The molecule has 0 fully saturated rings. The Morgan fingerprint density at radius 3 is 2.29 bits per heavy atom. The number of methoxy groups -OCH3 is 1. The minimum absolute atomic E-state index is 0.0973. The summed E-state index contributed by atoms with van der Waals surface area (Å²) in [5, 5.41) is 0. The van der Waals surface area contributed by atoms with Crippen molar-refractivity contribution >= 4 is 0 Å². The molecule has 3 aliphatic rings. The molecule has 3 aromatic heterocycles. The van der Waals surface area contributed by atoms with E-state index < -0.39 is 0 Å². The monoisotopic (exact) mass is 370 g/mol. The minimum atomic E-state index is -0.270. The van der Waals surface area contributed by atoms with Crippen molar-refractivity contribution in [3.63, 3.8) is 0 Å². The Hall–Kier alpha value is -3.27. The zero-order chi connectivity index (χ0) is 18.7. The number of nitrogens with zero attached hydrogens (tertiary/aromatic N) is 1. The third-order valence-corrected chi connectivity index (χ3v) is 6.60. The molecule has 0 spiro atoms. The van der Waals surface area contributed by atoms with Gasteiger partial charge in [-0.2, -0.15) is 4.57 Å². The molecule has 138 valence electrons. The van der Waals surface area contributed by atoms with E-state index in [1.807, 2.05) is 12.5 Å². The zero-order valence-electron chi connectivity index (χ0n) is 15.5. The summed E-state index contributed by atoms with van der Waals surface area (Å²) in [6.07, 6.45) is 10.4. The van der Waals surface area contributed by atoms with Gasteiger partial charge in [-0.05, 0) is 23.8 Å². The lowest BCUT2D eigenvalue weighted by Gasteiger charge is -2.48. The van der Waals surface area contributed by atoms with Crippen LogP contribution in [0.5, 0.6) is 5.75 Å². The van der Waals surface area contributed by atoms with Gasteiger partial charge in [-0.15, -0.1) is 0 Å². The van der Waals surface area contributed by atoms with E-state index in [1.165, 1.54) is 27.9 Å². The van der Waals surface area contributed by atoms with Crippen molar-refractivity contribution in [2.75, 3.05) is 7.11 Å². The topological polar surface area (TPSA) is 39.4 Å². The van der Waals surface area contributed by atoms with Gasteiger partial charge < -0.3 is 13.6 Å². The Morgan fingerprint density at radius 1 is 0.929 bits per heavy atom. The van der Waals surface area contributed by atoms with Crippen LogP contribution in [0.2, 0.25) is 0 Å². The number of hydrogen-bond acceptors (Lipinski definition) is 3. The van der Waals surface area contributed by atoms with Crippen LogP contribution < -0.4 is 9.30 Å². The van der Waals surface area contributed by atoms with Crippen LogP contribution in [0.1, 0.15) is 46.3 Å². The van der Waals surface area contributed by atoms with Crippen LogP contribution >= 0.6 is 0 Å². The molecular weight excluding hydrogens is 350 g/mol. The van der Waals surface area contributed by atoms with Gasteiger partial charge in [-0.25, -0.2) is 0 Å². The molecule has 4 nitrogen and oxygen atoms in total. The normalized spacial score (nSPS) is 21.2. The van der Waals surface area contributed by atoms with Crippen LogP contribution in [0.15, 0.2) is 88.6 Å². The van der Waals surface area contributed by atoms with E-state index in [0.29, 0.717) is 0 Å². The molecule has 2 unspecified atom stereocenters. The molecule has 0 N–H and O–H groups in total. The fraction of sp³-hybridized carbons (Fsp3) is 0.208. The highest BCUT2D eigenvalue weighted by molar-refractivity contribution is 5.55. The van der Waals surface area contributed by atoms with Crippen LogP contribution in [-0.2, 0) is 5.41 Å². The molecule has 4 aromatic rings. The summed E-state index contributed by atoms with van der Waals surface area (Å²) in [6, 6.07) is 17.3. The summed E-state index contributed by atoms with van der Waals surface area (Å²) in [4.78, 5) is 0. The van der Waals surface area contributed by atoms with Crippen molar-refractivity contribution in [3.8, 4) is 5.75 Å². The third-order valence-electron chi connectivity index (χ3n) is 6.60. The van der Waals surface area contributed by atoms with E-state index in [1.54, 1.807) is 19.6 Å². The number of ether oxygens (including phenoxy) is 1. The lowest BCUT2D eigenvalue weighted by atomic mass is 9.54. The maximum atomic E-state index is 5.84. The summed E-state index contributed by atoms with van der Waals surface area (Å²) in [7, 11) is 1.75. The van der Waals surface area contributed by atoms with Crippen molar-refractivity contribution < 1.29 is 18.1 Å². The summed E-state index contributed by atoms with van der Waals surface area (Å²) >= 11 is 0. The van der Waals surface area contributed by atoms with Crippen molar-refractivity contribution in [1.29, 1.82) is 0 Å². The first-order valence-corrected chi connectivity index (χ1v) is 9.57. The van der Waals surface area contributed by atoms with E-state index in [-0.39, 0.29) is 17.4 Å². The Kier molecular flexibility index (Phi) is 3.16. The number of furan rings is 2. The summed E-state index contributed by atoms with van der Waals surface area (Å²) in [5.41, 5.74) is 6.04. The van der Waals surface area contributed by atoms with E-state index in [4.69, 9.17) is 13.6 Å². The minimum Gasteiger partial charge on any atom is -0.491 e. The molecule has 2 bridgehead atoms. The highest BCUT2D eigenvalue weighted by Gasteiger charge is 2.61. The van der Waals surface area contributed by atoms with Gasteiger partial charge in [-0.3, -0.25) is 0 Å². The molecule has 0 radical (unpaired) electrons. The standard InChI is InChI=1S/C24H20NO3/c1-26-21-7-4-10-25-20-13-24(16-8-11-27-14-16,17-9-12-28-15-17)22(23(21)25)19-6-3-2-5-18(19)20/h2-12,14-15,20,22H,13H2,1H3/q+1. The molecule has 4 heteroatoms. The third kappa shape index (κ3) is 1.82. The van der Waals surface area contributed by atoms with Gasteiger partial charge in [0, 0.05) is 29.2 Å². The molecule has 5 heterocycles. The highest BCUT2D eigenvalue weighted by atomic mass is 16.5. The fourth-order valence-corrected chi connectivity index (χ4v) is 5.53. The Bertz CT molecular complexity index is 1110. The summed E-state index contributed by atoms with van der Waals surface area (Å²) in [6.45, 7) is 0. The quantitative estimate of drug-likeness (QED) is 0.495. The van der Waals surface area contributed by atoms with Gasteiger partial charge in [0.1, 0.15) is 0 Å². The second-order valence-electron chi connectivity index (χ2n) is 7.65. The molecule has 28 heavy (non-hydrogen) atoms. The van der Waals surface area contributed by atoms with Gasteiger partial charge in [-0.1, -0.05) is 24.3 Å². The van der Waals surface area contributed by atoms with Gasteiger partial charge in [0.25, 0.3) is 0 Å². The number of hydrogen-bond donors (Lipinski definition) is 0. The summed E-state index contributed by atoms with van der Waals surface area (Å²) in [5.74, 6) is 1.02. The van der Waals surface area contributed by atoms with Crippen molar-refractivity contribution in [2.45, 2.75) is 23.8 Å².